The molecule has 82 valence electrons. The molecule has 0 aliphatic carbocycles. The summed E-state index contributed by atoms with van der Waals surface area (Å²) in [5.74, 6) is 0.577. The largest absolute Gasteiger partial charge is 0.207 e. The van der Waals surface area contributed by atoms with Crippen molar-refractivity contribution < 1.29 is 4.39 Å². The molecule has 0 spiro atoms. The van der Waals surface area contributed by atoms with Crippen LogP contribution < -0.4 is 0 Å². The van der Waals surface area contributed by atoms with Crippen molar-refractivity contribution in [2.45, 2.75) is 10.6 Å². The summed E-state index contributed by atoms with van der Waals surface area (Å²) in [7, 11) is 0. The molecule has 0 radical (unpaired) electrons. The lowest BCUT2D eigenvalue weighted by atomic mass is 10.2. The molecule has 0 fully saturated rings. The predicted octanol–water partition coefficient (Wildman–Crippen LogP) is 4.77. The van der Waals surface area contributed by atoms with Crippen LogP contribution in [0.3, 0.4) is 0 Å². The van der Waals surface area contributed by atoms with Gasteiger partial charge in [0.25, 0.3) is 0 Å². The molecule has 2 rings (SSSR count). The zero-order valence-corrected chi connectivity index (χ0v) is 10.1. The van der Waals surface area contributed by atoms with Crippen molar-refractivity contribution in [1.82, 2.24) is 0 Å². The molecule has 0 N–H and O–H groups in total. The van der Waals surface area contributed by atoms with Gasteiger partial charge in [0.2, 0.25) is 0 Å². The number of thioether (sulfide) groups is 1. The zero-order chi connectivity index (χ0) is 11.4. The van der Waals surface area contributed by atoms with Gasteiger partial charge < -0.3 is 0 Å². The molecule has 0 nitrogen and oxygen atoms in total. The van der Waals surface area contributed by atoms with Gasteiger partial charge in [-0.25, -0.2) is 4.39 Å². The van der Waals surface area contributed by atoms with Gasteiger partial charge in [0, 0.05) is 15.7 Å². The van der Waals surface area contributed by atoms with Crippen LogP contribution in [0.15, 0.2) is 53.4 Å². The van der Waals surface area contributed by atoms with Crippen LogP contribution in [0.5, 0.6) is 0 Å². The molecule has 3 heteroatoms. The molecule has 2 aromatic rings. The second kappa shape index (κ2) is 5.37. The van der Waals surface area contributed by atoms with Crippen LogP contribution in [0, 0.1) is 5.82 Å². The zero-order valence-electron chi connectivity index (χ0n) is 8.49. The normalized spacial score (nSPS) is 10.4. The monoisotopic (exact) mass is 252 g/mol. The Hall–Kier alpha value is -0.990. The maximum absolute atomic E-state index is 12.9. The first-order chi connectivity index (χ1) is 7.74. The van der Waals surface area contributed by atoms with Crippen LogP contribution in [0.1, 0.15) is 5.56 Å². The van der Waals surface area contributed by atoms with Gasteiger partial charge in [-0.15, -0.1) is 11.8 Å². The summed E-state index contributed by atoms with van der Waals surface area (Å²) in [5.41, 5.74) is 0.986. The van der Waals surface area contributed by atoms with Crippen molar-refractivity contribution in [3.63, 3.8) is 0 Å². The van der Waals surface area contributed by atoms with Gasteiger partial charge in [0.05, 0.1) is 0 Å². The lowest BCUT2D eigenvalue weighted by Gasteiger charge is -2.02. The fourth-order valence-electron chi connectivity index (χ4n) is 1.32. The highest BCUT2D eigenvalue weighted by Crippen LogP contribution is 2.24. The molecule has 0 aliphatic rings. The molecule has 0 saturated carbocycles. The van der Waals surface area contributed by atoms with Gasteiger partial charge in [0.1, 0.15) is 5.82 Å². The topological polar surface area (TPSA) is 0 Å². The molecular weight excluding hydrogens is 243 g/mol. The quantitative estimate of drug-likeness (QED) is 0.709. The molecule has 0 bridgehead atoms. The maximum Gasteiger partial charge on any atom is 0.123 e. The molecule has 16 heavy (non-hydrogen) atoms. The number of benzene rings is 2. The SMILES string of the molecule is Fc1cccc(CSc2ccc(Cl)cc2)c1. The highest BCUT2D eigenvalue weighted by molar-refractivity contribution is 7.98. The summed E-state index contributed by atoms with van der Waals surface area (Å²) >= 11 is 7.46. The first-order valence-corrected chi connectivity index (χ1v) is 6.23. The third-order valence-corrected chi connectivity index (χ3v) is 3.44. The van der Waals surface area contributed by atoms with Crippen molar-refractivity contribution in [2.75, 3.05) is 0 Å². The van der Waals surface area contributed by atoms with Gasteiger partial charge in [-0.1, -0.05) is 23.7 Å². The van der Waals surface area contributed by atoms with Crippen molar-refractivity contribution >= 4 is 23.4 Å². The lowest BCUT2D eigenvalue weighted by molar-refractivity contribution is 0.626. The molecule has 2 aromatic carbocycles. The fourth-order valence-corrected chi connectivity index (χ4v) is 2.29. The van der Waals surface area contributed by atoms with E-state index in [4.69, 9.17) is 11.6 Å². The van der Waals surface area contributed by atoms with Crippen molar-refractivity contribution in [3.8, 4) is 0 Å². The highest BCUT2D eigenvalue weighted by Gasteiger charge is 1.98. The Morgan fingerprint density at radius 1 is 1.06 bits per heavy atom. The van der Waals surface area contributed by atoms with E-state index < -0.39 is 0 Å². The van der Waals surface area contributed by atoms with Crippen LogP contribution in [0.25, 0.3) is 0 Å². The summed E-state index contributed by atoms with van der Waals surface area (Å²) < 4.78 is 12.9. The Balaban J connectivity index is 1.99. The van der Waals surface area contributed by atoms with Crippen LogP contribution >= 0.6 is 23.4 Å². The average molecular weight is 253 g/mol. The fraction of sp³-hybridized carbons (Fsp3) is 0.0769. The summed E-state index contributed by atoms with van der Waals surface area (Å²) in [4.78, 5) is 1.13. The Kier molecular flexibility index (Phi) is 3.86. The lowest BCUT2D eigenvalue weighted by Crippen LogP contribution is -1.82. The van der Waals surface area contributed by atoms with E-state index in [2.05, 4.69) is 0 Å². The number of hydrogen-bond acceptors (Lipinski definition) is 1. The maximum atomic E-state index is 12.9. The molecule has 0 unspecified atom stereocenters. The summed E-state index contributed by atoms with van der Waals surface area (Å²) in [6, 6.07) is 14.3. The van der Waals surface area contributed by atoms with E-state index in [1.807, 2.05) is 30.3 Å². The highest BCUT2D eigenvalue weighted by atomic mass is 35.5. The predicted molar refractivity (Wildman–Crippen MR) is 67.4 cm³/mol. The minimum atomic E-state index is -0.186. The summed E-state index contributed by atoms with van der Waals surface area (Å²) in [5, 5.41) is 0.732. The molecule has 0 heterocycles. The van der Waals surface area contributed by atoms with Crippen LogP contribution in [-0.4, -0.2) is 0 Å². The molecular formula is C13H10ClFS. The van der Waals surface area contributed by atoms with E-state index in [1.54, 1.807) is 23.9 Å². The van der Waals surface area contributed by atoms with Gasteiger partial charge in [-0.3, -0.25) is 0 Å². The van der Waals surface area contributed by atoms with Gasteiger partial charge in [0.15, 0.2) is 0 Å². The van der Waals surface area contributed by atoms with E-state index in [0.29, 0.717) is 0 Å². The van der Waals surface area contributed by atoms with E-state index >= 15 is 0 Å². The third-order valence-electron chi connectivity index (χ3n) is 2.11. The van der Waals surface area contributed by atoms with E-state index in [-0.39, 0.29) is 5.82 Å². The smallest absolute Gasteiger partial charge is 0.123 e. The summed E-state index contributed by atoms with van der Waals surface area (Å²) in [6.45, 7) is 0. The molecule has 0 saturated heterocycles. The number of hydrogen-bond donors (Lipinski definition) is 0. The number of rotatable bonds is 3. The standard InChI is InChI=1S/C13H10ClFS/c14-11-4-6-13(7-5-11)16-9-10-2-1-3-12(15)8-10/h1-8H,9H2. The second-order valence-corrected chi connectivity index (χ2v) is 4.86. The number of halogens is 2. The van der Waals surface area contributed by atoms with E-state index in [0.717, 1.165) is 21.2 Å². The van der Waals surface area contributed by atoms with Gasteiger partial charge in [-0.05, 0) is 42.0 Å². The van der Waals surface area contributed by atoms with Crippen molar-refractivity contribution in [2.24, 2.45) is 0 Å². The third kappa shape index (κ3) is 3.26. The minimum Gasteiger partial charge on any atom is -0.207 e. The van der Waals surface area contributed by atoms with Crippen LogP contribution in [-0.2, 0) is 5.75 Å². The Morgan fingerprint density at radius 2 is 1.81 bits per heavy atom. The molecule has 0 aliphatic heterocycles. The first kappa shape index (κ1) is 11.5. The molecule has 0 atom stereocenters. The average Bonchev–Trinajstić information content (AvgIpc) is 2.28. The van der Waals surface area contributed by atoms with Crippen molar-refractivity contribution in [3.05, 3.63) is 64.9 Å². The molecule has 0 aromatic heterocycles. The van der Waals surface area contributed by atoms with Gasteiger partial charge in [-0.2, -0.15) is 0 Å². The van der Waals surface area contributed by atoms with Crippen LogP contribution in [0.2, 0.25) is 5.02 Å². The Bertz CT molecular complexity index is 468. The second-order valence-electron chi connectivity index (χ2n) is 3.37. The Morgan fingerprint density at radius 3 is 2.50 bits per heavy atom. The van der Waals surface area contributed by atoms with E-state index in [9.17, 15) is 4.39 Å². The summed E-state index contributed by atoms with van der Waals surface area (Å²) in [6.07, 6.45) is 0. The Labute approximate surface area is 103 Å². The van der Waals surface area contributed by atoms with E-state index in [1.165, 1.54) is 6.07 Å². The first-order valence-electron chi connectivity index (χ1n) is 4.87. The van der Waals surface area contributed by atoms with Crippen LogP contribution in [0.4, 0.5) is 4.39 Å². The minimum absolute atomic E-state index is 0.186. The van der Waals surface area contributed by atoms with Gasteiger partial charge >= 0.3 is 0 Å². The van der Waals surface area contributed by atoms with Crippen molar-refractivity contribution in [1.29, 1.82) is 0 Å². The molecule has 0 amide bonds.